The van der Waals surface area contributed by atoms with Crippen LogP contribution in [0.3, 0.4) is 0 Å². The molecule has 0 bridgehead atoms. The van der Waals surface area contributed by atoms with Gasteiger partial charge in [0.1, 0.15) is 34.5 Å². The zero-order valence-electron chi connectivity index (χ0n) is 41.9. The van der Waals surface area contributed by atoms with Crippen LogP contribution in [0.25, 0.3) is 0 Å². The highest BCUT2D eigenvalue weighted by atomic mass is 79.9. The number of halogens is 1. The van der Waals surface area contributed by atoms with Crippen molar-refractivity contribution in [2.24, 2.45) is 0 Å². The van der Waals surface area contributed by atoms with Crippen LogP contribution in [-0.2, 0) is 10.8 Å². The molecule has 0 radical (unpaired) electrons. The molecule has 0 amide bonds. The zero-order valence-corrected chi connectivity index (χ0v) is 43.5. The fourth-order valence-corrected chi connectivity index (χ4v) is 8.95. The Kier molecular flexibility index (Phi) is 14.5. The second-order valence-corrected chi connectivity index (χ2v) is 20.6. The van der Waals surface area contributed by atoms with Gasteiger partial charge in [-0.15, -0.1) is 0 Å². The van der Waals surface area contributed by atoms with Gasteiger partial charge in [0, 0.05) is 49.9 Å². The van der Waals surface area contributed by atoms with E-state index in [0.717, 1.165) is 21.2 Å². The van der Waals surface area contributed by atoms with Gasteiger partial charge in [0.15, 0.2) is 23.1 Å². The molecule has 9 aromatic carbocycles. The molecule has 8 heteroatoms. The van der Waals surface area contributed by atoms with E-state index < -0.39 is 0 Å². The van der Waals surface area contributed by atoms with Gasteiger partial charge in [0.25, 0.3) is 0 Å². The van der Waals surface area contributed by atoms with Crippen molar-refractivity contribution in [1.29, 1.82) is 0 Å². The molecular formula is C66H53BrO7. The van der Waals surface area contributed by atoms with Gasteiger partial charge in [-0.25, -0.2) is 0 Å². The molecule has 9 rings (SSSR count). The van der Waals surface area contributed by atoms with Crippen LogP contribution in [0.15, 0.2) is 217 Å². The van der Waals surface area contributed by atoms with Crippen molar-refractivity contribution in [2.45, 2.75) is 52.4 Å². The molecule has 0 N–H and O–H groups in total. The minimum atomic E-state index is -0.345. The Bertz CT molecular complexity index is 3510. The summed E-state index contributed by atoms with van der Waals surface area (Å²) in [5, 5.41) is 0. The van der Waals surface area contributed by atoms with Crippen LogP contribution in [0, 0.1) is 6.92 Å². The minimum absolute atomic E-state index is 0.00797. The molecule has 0 heterocycles. The molecule has 0 atom stereocenters. The van der Waals surface area contributed by atoms with Gasteiger partial charge in [-0.05, 0) is 166 Å². The average Bonchev–Trinajstić information content (AvgIpc) is 3.41. The third-order valence-corrected chi connectivity index (χ3v) is 13.7. The predicted octanol–water partition coefficient (Wildman–Crippen LogP) is 16.7. The van der Waals surface area contributed by atoms with E-state index in [9.17, 15) is 19.2 Å². The monoisotopic (exact) mass is 1040 g/mol. The Morgan fingerprint density at radius 2 is 0.635 bits per heavy atom. The molecule has 0 saturated carbocycles. The summed E-state index contributed by atoms with van der Waals surface area (Å²) >= 11 is 3.63. The molecule has 0 aliphatic carbocycles. The molecule has 7 nitrogen and oxygen atoms in total. The Balaban J connectivity index is 0.774. The van der Waals surface area contributed by atoms with Gasteiger partial charge in [-0.2, -0.15) is 0 Å². The van der Waals surface area contributed by atoms with Crippen molar-refractivity contribution in [3.63, 3.8) is 0 Å². The lowest BCUT2D eigenvalue weighted by Gasteiger charge is -2.26. The van der Waals surface area contributed by atoms with E-state index in [1.807, 2.05) is 73.7 Å². The first-order valence-corrected chi connectivity index (χ1v) is 25.1. The quantitative estimate of drug-likeness (QED) is 0.0890. The number of ketones is 4. The molecule has 0 aromatic heterocycles. The Morgan fingerprint density at radius 3 is 0.959 bits per heavy atom. The van der Waals surface area contributed by atoms with Crippen molar-refractivity contribution in [3.05, 3.63) is 284 Å². The van der Waals surface area contributed by atoms with Crippen LogP contribution in [0.2, 0.25) is 0 Å². The van der Waals surface area contributed by atoms with Crippen LogP contribution in [0.4, 0.5) is 0 Å². The van der Waals surface area contributed by atoms with E-state index in [1.54, 1.807) is 133 Å². The highest BCUT2D eigenvalue weighted by Crippen LogP contribution is 2.37. The summed E-state index contributed by atoms with van der Waals surface area (Å²) in [5.41, 5.74) is 7.82. The van der Waals surface area contributed by atoms with Crippen molar-refractivity contribution >= 4 is 39.1 Å². The van der Waals surface area contributed by atoms with E-state index in [1.165, 1.54) is 5.56 Å². The molecule has 0 fully saturated rings. The SMILES string of the molecule is Cc1ccc(C(=O)c2cccc(C(=O)c3ccc(Oc4ccc(C(C)(C)c5ccc(Oc6ccc(C(=O)c7cccc(C(=O)c8ccc(Oc9ccc(C(C)(C)C)cc9Br)cc8)c7)cc6)cc5)cc4)cc3)c2)cc1. The summed E-state index contributed by atoms with van der Waals surface area (Å²) in [6.07, 6.45) is 0. The Hall–Kier alpha value is -8.46. The van der Waals surface area contributed by atoms with Gasteiger partial charge < -0.3 is 14.2 Å². The Labute approximate surface area is 440 Å². The van der Waals surface area contributed by atoms with E-state index in [0.29, 0.717) is 79.0 Å². The largest absolute Gasteiger partial charge is 0.457 e. The van der Waals surface area contributed by atoms with E-state index in [4.69, 9.17) is 14.2 Å². The maximum absolute atomic E-state index is 13.6. The standard InChI is InChI=1S/C66H53BrO7/c1-42-13-15-43(16-14-42)61(68)47-9-7-10-48(39-47)62(69)44-17-28-54(29-18-44)72-56-34-23-51(24-35-56)66(5,6)52-25-36-57(37-26-52)73-55-30-19-45(20-31-55)63(70)49-11-8-12-50(40-49)64(71)46-21-32-58(33-22-46)74-60-38-27-53(41-59(60)67)65(2,3)4/h7-41H,1-6H3. The molecule has 9 aromatic rings. The predicted molar refractivity (Wildman–Crippen MR) is 295 cm³/mol. The number of carbonyl (C=O) groups is 4. The van der Waals surface area contributed by atoms with Crippen LogP contribution >= 0.6 is 15.9 Å². The van der Waals surface area contributed by atoms with Crippen LogP contribution in [-0.4, -0.2) is 23.1 Å². The molecule has 0 unspecified atom stereocenters. The van der Waals surface area contributed by atoms with Crippen molar-refractivity contribution < 1.29 is 33.4 Å². The normalized spacial score (nSPS) is 11.4. The van der Waals surface area contributed by atoms with Gasteiger partial charge in [-0.1, -0.05) is 131 Å². The van der Waals surface area contributed by atoms with E-state index >= 15 is 0 Å². The van der Waals surface area contributed by atoms with Gasteiger partial charge in [0.05, 0.1) is 4.47 Å². The molecule has 0 aliphatic rings. The Morgan fingerprint density at radius 1 is 0.338 bits per heavy atom. The van der Waals surface area contributed by atoms with Crippen LogP contribution in [0.1, 0.15) is 121 Å². The number of rotatable bonds is 16. The lowest BCUT2D eigenvalue weighted by molar-refractivity contribution is 0.102. The second-order valence-electron chi connectivity index (χ2n) is 19.8. The fraction of sp³-hybridized carbons (Fsp3) is 0.121. The molecule has 74 heavy (non-hydrogen) atoms. The van der Waals surface area contributed by atoms with Crippen molar-refractivity contribution in [2.75, 3.05) is 0 Å². The lowest BCUT2D eigenvalue weighted by atomic mass is 9.78. The molecule has 366 valence electrons. The maximum Gasteiger partial charge on any atom is 0.193 e. The number of benzene rings is 9. The first-order chi connectivity index (χ1) is 35.5. The van der Waals surface area contributed by atoms with E-state index in [-0.39, 0.29) is 34.0 Å². The smallest absolute Gasteiger partial charge is 0.193 e. The third kappa shape index (κ3) is 11.6. The van der Waals surface area contributed by atoms with E-state index in [2.05, 4.69) is 62.7 Å². The summed E-state index contributed by atoms with van der Waals surface area (Å²) in [7, 11) is 0. The average molecular weight is 1040 g/mol. The highest BCUT2D eigenvalue weighted by Gasteiger charge is 2.24. The fourth-order valence-electron chi connectivity index (χ4n) is 8.49. The third-order valence-electron chi connectivity index (χ3n) is 13.1. The summed E-state index contributed by atoms with van der Waals surface area (Å²) in [5.74, 6) is 3.02. The summed E-state index contributed by atoms with van der Waals surface area (Å²) in [6, 6.07) is 63.8. The van der Waals surface area contributed by atoms with Crippen LogP contribution < -0.4 is 14.2 Å². The van der Waals surface area contributed by atoms with Gasteiger partial charge in [0.2, 0.25) is 0 Å². The molecule has 0 aliphatic heterocycles. The zero-order chi connectivity index (χ0) is 52.1. The topological polar surface area (TPSA) is 96.0 Å². The molecular weight excluding hydrogens is 985 g/mol. The first-order valence-electron chi connectivity index (χ1n) is 24.3. The summed E-state index contributed by atoms with van der Waals surface area (Å²) < 4.78 is 19.3. The summed E-state index contributed by atoms with van der Waals surface area (Å²) in [6.45, 7) is 12.8. The summed E-state index contributed by atoms with van der Waals surface area (Å²) in [4.78, 5) is 53.7. The number of aryl methyl sites for hydroxylation is 1. The maximum atomic E-state index is 13.6. The number of carbonyl (C=O) groups excluding carboxylic acids is 4. The van der Waals surface area contributed by atoms with Crippen LogP contribution in [0.5, 0.6) is 34.5 Å². The van der Waals surface area contributed by atoms with Crippen molar-refractivity contribution in [1.82, 2.24) is 0 Å². The second kappa shape index (κ2) is 21.3. The number of hydrogen-bond donors (Lipinski definition) is 0. The van der Waals surface area contributed by atoms with Gasteiger partial charge >= 0.3 is 0 Å². The molecule has 0 saturated heterocycles. The van der Waals surface area contributed by atoms with Crippen molar-refractivity contribution in [3.8, 4) is 34.5 Å². The molecule has 0 spiro atoms. The minimum Gasteiger partial charge on any atom is -0.457 e. The first kappa shape index (κ1) is 50.5. The number of ether oxygens (including phenoxy) is 3. The lowest BCUT2D eigenvalue weighted by Crippen LogP contribution is -2.18. The number of hydrogen-bond acceptors (Lipinski definition) is 7. The highest BCUT2D eigenvalue weighted by molar-refractivity contribution is 9.10. The van der Waals surface area contributed by atoms with Gasteiger partial charge in [-0.3, -0.25) is 19.2 Å².